The van der Waals surface area contributed by atoms with Crippen molar-refractivity contribution in [3.8, 4) is 11.5 Å². The zero-order valence-electron chi connectivity index (χ0n) is 15.8. The lowest BCUT2D eigenvalue weighted by atomic mass is 10.2. The molecule has 1 aliphatic rings. The third kappa shape index (κ3) is 3.66. The molecule has 0 spiro atoms. The van der Waals surface area contributed by atoms with Crippen LogP contribution in [0.1, 0.15) is 24.2 Å². The molecule has 2 heterocycles. The third-order valence-electron chi connectivity index (χ3n) is 4.56. The van der Waals surface area contributed by atoms with Crippen molar-refractivity contribution in [2.75, 3.05) is 25.2 Å². The van der Waals surface area contributed by atoms with Gasteiger partial charge in [-0.25, -0.2) is 13.4 Å². The van der Waals surface area contributed by atoms with Crippen molar-refractivity contribution in [2.45, 2.75) is 18.7 Å². The first-order valence-electron chi connectivity index (χ1n) is 9.04. The fourth-order valence-electron chi connectivity index (χ4n) is 3.04. The highest BCUT2D eigenvalue weighted by molar-refractivity contribution is 7.89. The summed E-state index contributed by atoms with van der Waals surface area (Å²) in [4.78, 5) is 17.1. The van der Waals surface area contributed by atoms with Crippen molar-refractivity contribution in [3.05, 3.63) is 42.0 Å². The fraction of sp³-hybridized carbons (Fsp3) is 0.263. The summed E-state index contributed by atoms with van der Waals surface area (Å²) >= 11 is 1.22. The second-order valence-electron chi connectivity index (χ2n) is 6.26. The fourth-order valence-corrected chi connectivity index (χ4v) is 5.50. The molecule has 0 bridgehead atoms. The number of rotatable bonds is 6. The monoisotopic (exact) mass is 433 g/mol. The Balaban J connectivity index is 1.59. The molecule has 10 heteroatoms. The van der Waals surface area contributed by atoms with E-state index < -0.39 is 10.0 Å². The molecule has 1 amide bonds. The highest BCUT2D eigenvalue weighted by atomic mass is 32.2. The Hall–Kier alpha value is -2.69. The molecule has 0 radical (unpaired) electrons. The van der Waals surface area contributed by atoms with E-state index in [1.165, 1.54) is 15.6 Å². The molecular formula is C19H19N3O5S2. The Morgan fingerprint density at radius 2 is 1.90 bits per heavy atom. The molecule has 29 heavy (non-hydrogen) atoms. The number of benzene rings is 2. The van der Waals surface area contributed by atoms with Crippen LogP contribution in [-0.2, 0) is 10.0 Å². The maximum Gasteiger partial charge on any atom is 0.257 e. The SMILES string of the molecule is CCN(CC)S(=O)(=O)c1ccc2nc(NC(=O)c3ccc4c(c3)OCO4)sc2c1. The Morgan fingerprint density at radius 1 is 1.14 bits per heavy atom. The minimum atomic E-state index is -3.56. The number of anilines is 1. The molecule has 0 saturated carbocycles. The quantitative estimate of drug-likeness (QED) is 0.641. The van der Waals surface area contributed by atoms with E-state index in [2.05, 4.69) is 10.3 Å². The summed E-state index contributed by atoms with van der Waals surface area (Å²) in [5.74, 6) is 0.787. The van der Waals surface area contributed by atoms with Gasteiger partial charge in [0.05, 0.1) is 15.1 Å². The van der Waals surface area contributed by atoms with Crippen LogP contribution < -0.4 is 14.8 Å². The second kappa shape index (κ2) is 7.62. The Morgan fingerprint density at radius 3 is 2.66 bits per heavy atom. The topological polar surface area (TPSA) is 97.8 Å². The van der Waals surface area contributed by atoms with Gasteiger partial charge in [-0.2, -0.15) is 4.31 Å². The predicted molar refractivity (Wildman–Crippen MR) is 110 cm³/mol. The lowest BCUT2D eigenvalue weighted by molar-refractivity contribution is 0.102. The molecule has 1 aromatic heterocycles. The lowest BCUT2D eigenvalue weighted by Gasteiger charge is -2.18. The molecule has 3 aromatic rings. The number of aromatic nitrogens is 1. The van der Waals surface area contributed by atoms with Gasteiger partial charge in [0.15, 0.2) is 16.6 Å². The van der Waals surface area contributed by atoms with Crippen LogP contribution in [-0.4, -0.2) is 43.5 Å². The first kappa shape index (κ1) is 19.6. The normalized spacial score (nSPS) is 13.2. The van der Waals surface area contributed by atoms with Gasteiger partial charge in [0, 0.05) is 18.7 Å². The van der Waals surface area contributed by atoms with E-state index in [-0.39, 0.29) is 17.6 Å². The molecule has 1 N–H and O–H groups in total. The van der Waals surface area contributed by atoms with Crippen molar-refractivity contribution >= 4 is 42.6 Å². The van der Waals surface area contributed by atoms with Gasteiger partial charge in [0.2, 0.25) is 16.8 Å². The third-order valence-corrected chi connectivity index (χ3v) is 7.54. The van der Waals surface area contributed by atoms with Crippen LogP contribution in [0.25, 0.3) is 10.2 Å². The van der Waals surface area contributed by atoms with Crippen molar-refractivity contribution in [1.29, 1.82) is 0 Å². The van der Waals surface area contributed by atoms with Crippen LogP contribution >= 0.6 is 11.3 Å². The molecule has 0 aliphatic carbocycles. The summed E-state index contributed by atoms with van der Waals surface area (Å²) in [7, 11) is -3.56. The van der Waals surface area contributed by atoms with Gasteiger partial charge in [-0.05, 0) is 36.4 Å². The number of amides is 1. The molecule has 0 atom stereocenters. The number of hydrogen-bond acceptors (Lipinski definition) is 7. The molecule has 2 aromatic carbocycles. The van der Waals surface area contributed by atoms with Gasteiger partial charge in [0.1, 0.15) is 0 Å². The highest BCUT2D eigenvalue weighted by Crippen LogP contribution is 2.33. The Kier molecular flexibility index (Phi) is 5.15. The van der Waals surface area contributed by atoms with Crippen LogP contribution in [0.2, 0.25) is 0 Å². The maximum absolute atomic E-state index is 12.7. The second-order valence-corrected chi connectivity index (χ2v) is 9.23. The number of carbonyl (C=O) groups is 1. The molecule has 4 rings (SSSR count). The number of sulfonamides is 1. The summed E-state index contributed by atoms with van der Waals surface area (Å²) in [5.41, 5.74) is 1.03. The van der Waals surface area contributed by atoms with E-state index in [0.717, 1.165) is 0 Å². The predicted octanol–water partition coefficient (Wildman–Crippen LogP) is 3.31. The minimum Gasteiger partial charge on any atom is -0.454 e. The van der Waals surface area contributed by atoms with Crippen molar-refractivity contribution in [2.24, 2.45) is 0 Å². The average Bonchev–Trinajstić information content (AvgIpc) is 3.33. The van der Waals surface area contributed by atoms with Crippen LogP contribution in [0.15, 0.2) is 41.3 Å². The Bertz CT molecular complexity index is 1190. The smallest absolute Gasteiger partial charge is 0.257 e. The largest absolute Gasteiger partial charge is 0.454 e. The number of fused-ring (bicyclic) bond motifs is 2. The summed E-state index contributed by atoms with van der Waals surface area (Å²) in [6.07, 6.45) is 0. The Labute approximate surface area is 172 Å². The van der Waals surface area contributed by atoms with Crippen molar-refractivity contribution in [3.63, 3.8) is 0 Å². The first-order valence-corrected chi connectivity index (χ1v) is 11.3. The lowest BCUT2D eigenvalue weighted by Crippen LogP contribution is -2.30. The molecule has 1 aliphatic heterocycles. The van der Waals surface area contributed by atoms with E-state index >= 15 is 0 Å². The zero-order chi connectivity index (χ0) is 20.6. The van der Waals surface area contributed by atoms with E-state index in [0.29, 0.717) is 45.5 Å². The van der Waals surface area contributed by atoms with Crippen LogP contribution in [0.3, 0.4) is 0 Å². The van der Waals surface area contributed by atoms with Gasteiger partial charge in [-0.3, -0.25) is 10.1 Å². The minimum absolute atomic E-state index is 0.136. The summed E-state index contributed by atoms with van der Waals surface area (Å²) in [6.45, 7) is 4.54. The van der Waals surface area contributed by atoms with Gasteiger partial charge < -0.3 is 9.47 Å². The summed E-state index contributed by atoms with van der Waals surface area (Å²) in [6, 6.07) is 9.72. The summed E-state index contributed by atoms with van der Waals surface area (Å²) in [5, 5.41) is 3.14. The van der Waals surface area contributed by atoms with Crippen LogP contribution in [0.5, 0.6) is 11.5 Å². The number of ether oxygens (including phenoxy) is 2. The number of nitrogens with one attached hydrogen (secondary N) is 1. The zero-order valence-corrected chi connectivity index (χ0v) is 17.5. The molecule has 0 unspecified atom stereocenters. The first-order chi connectivity index (χ1) is 13.9. The number of hydrogen-bond donors (Lipinski definition) is 1. The average molecular weight is 434 g/mol. The van der Waals surface area contributed by atoms with Gasteiger partial charge >= 0.3 is 0 Å². The van der Waals surface area contributed by atoms with Crippen molar-refractivity contribution in [1.82, 2.24) is 9.29 Å². The molecule has 0 fully saturated rings. The highest BCUT2D eigenvalue weighted by Gasteiger charge is 2.23. The standard InChI is InChI=1S/C19H19N3O5S2/c1-3-22(4-2)29(24,25)13-6-7-14-17(10-13)28-19(20-14)21-18(23)12-5-8-15-16(9-12)27-11-26-15/h5-10H,3-4,11H2,1-2H3,(H,20,21,23). The molecule has 0 saturated heterocycles. The van der Waals surface area contributed by atoms with Gasteiger partial charge in [0.25, 0.3) is 5.91 Å². The molecule has 152 valence electrons. The summed E-state index contributed by atoms with van der Waals surface area (Å²) < 4.78 is 38.1. The molecule has 8 nitrogen and oxygen atoms in total. The molecular weight excluding hydrogens is 414 g/mol. The van der Waals surface area contributed by atoms with E-state index in [4.69, 9.17) is 9.47 Å². The number of nitrogens with zero attached hydrogens (tertiary/aromatic N) is 2. The van der Waals surface area contributed by atoms with E-state index in [1.54, 1.807) is 50.2 Å². The van der Waals surface area contributed by atoms with Crippen LogP contribution in [0.4, 0.5) is 5.13 Å². The maximum atomic E-state index is 12.7. The number of carbonyl (C=O) groups excluding carboxylic acids is 1. The van der Waals surface area contributed by atoms with Crippen molar-refractivity contribution < 1.29 is 22.7 Å². The van der Waals surface area contributed by atoms with Gasteiger partial charge in [-0.1, -0.05) is 25.2 Å². The van der Waals surface area contributed by atoms with Gasteiger partial charge in [-0.15, -0.1) is 0 Å². The van der Waals surface area contributed by atoms with E-state index in [9.17, 15) is 13.2 Å². The van der Waals surface area contributed by atoms with Crippen LogP contribution in [0, 0.1) is 0 Å². The van der Waals surface area contributed by atoms with E-state index in [1.807, 2.05) is 0 Å². The number of thiazole rings is 1.